The van der Waals surface area contributed by atoms with Gasteiger partial charge in [-0.25, -0.2) is 9.78 Å². The maximum atomic E-state index is 13.0. The predicted octanol–water partition coefficient (Wildman–Crippen LogP) is 3.08. The quantitative estimate of drug-likeness (QED) is 0.558. The number of nitrogens with zero attached hydrogens (tertiary/aromatic N) is 4. The van der Waals surface area contributed by atoms with E-state index >= 15 is 0 Å². The van der Waals surface area contributed by atoms with Crippen molar-refractivity contribution in [3.8, 4) is 0 Å². The third kappa shape index (κ3) is 5.01. The zero-order valence-corrected chi connectivity index (χ0v) is 18.8. The van der Waals surface area contributed by atoms with Crippen molar-refractivity contribution >= 4 is 35.2 Å². The number of aryl methyl sites for hydroxylation is 1. The fourth-order valence-electron chi connectivity index (χ4n) is 3.43. The molecule has 1 aliphatic heterocycles. The number of hydrogen-bond acceptors (Lipinski definition) is 7. The number of ether oxygens (including phenoxy) is 1. The van der Waals surface area contributed by atoms with E-state index in [9.17, 15) is 19.2 Å². The summed E-state index contributed by atoms with van der Waals surface area (Å²) in [5.41, 5.74) is -0.0824. The number of pyridine rings is 1. The standard InChI is InChI=1S/C22H27N5O5/c1-6-26(21(31)32-22(3,4)5)18-8-7-14(12-23-18)19(29)15-9-10-27-16(20(15)30)11-17(25-27)24-13(2)28/h7-8,11-12,15H,6,9-10H2,1-5H3,(H,24,25,28). The number of Topliss-reactive ketones (excluding diaryl/α,β-unsaturated/α-hetero) is 2. The highest BCUT2D eigenvalue weighted by Crippen LogP contribution is 2.26. The minimum Gasteiger partial charge on any atom is -0.443 e. The summed E-state index contributed by atoms with van der Waals surface area (Å²) in [6.07, 6.45) is 1.14. The van der Waals surface area contributed by atoms with Gasteiger partial charge in [0.1, 0.15) is 17.1 Å². The lowest BCUT2D eigenvalue weighted by molar-refractivity contribution is -0.114. The van der Waals surface area contributed by atoms with Gasteiger partial charge in [0.15, 0.2) is 17.4 Å². The number of fused-ring (bicyclic) bond motifs is 1. The molecular formula is C22H27N5O5. The molecule has 2 aromatic heterocycles. The lowest BCUT2D eigenvalue weighted by Gasteiger charge is -2.26. The average molecular weight is 441 g/mol. The van der Waals surface area contributed by atoms with Gasteiger partial charge in [0, 0.05) is 37.8 Å². The van der Waals surface area contributed by atoms with Crippen LogP contribution in [0.4, 0.5) is 16.4 Å². The Kier molecular flexibility index (Phi) is 6.42. The van der Waals surface area contributed by atoms with Gasteiger partial charge in [-0.15, -0.1) is 0 Å². The van der Waals surface area contributed by atoms with Gasteiger partial charge in [-0.05, 0) is 46.2 Å². The first kappa shape index (κ1) is 23.1. The van der Waals surface area contributed by atoms with Crippen LogP contribution in [0.25, 0.3) is 0 Å². The summed E-state index contributed by atoms with van der Waals surface area (Å²) in [5, 5.41) is 6.72. The number of aromatic nitrogens is 3. The van der Waals surface area contributed by atoms with Crippen molar-refractivity contribution in [3.63, 3.8) is 0 Å². The number of rotatable bonds is 5. The molecule has 10 nitrogen and oxygen atoms in total. The van der Waals surface area contributed by atoms with Gasteiger partial charge in [0.05, 0.1) is 5.92 Å². The zero-order valence-electron chi connectivity index (χ0n) is 18.8. The van der Waals surface area contributed by atoms with Crippen LogP contribution in [0.5, 0.6) is 0 Å². The number of hydrogen-bond donors (Lipinski definition) is 1. The van der Waals surface area contributed by atoms with Crippen LogP contribution in [-0.2, 0) is 16.1 Å². The number of carbonyl (C=O) groups is 4. The van der Waals surface area contributed by atoms with E-state index in [0.29, 0.717) is 25.3 Å². The van der Waals surface area contributed by atoms with Gasteiger partial charge in [-0.1, -0.05) is 0 Å². The highest BCUT2D eigenvalue weighted by molar-refractivity contribution is 6.16. The molecule has 0 bridgehead atoms. The molecule has 0 aromatic carbocycles. The van der Waals surface area contributed by atoms with Crippen molar-refractivity contribution in [2.75, 3.05) is 16.8 Å². The molecule has 0 saturated heterocycles. The third-order valence-electron chi connectivity index (χ3n) is 4.84. The number of ketones is 2. The minimum atomic E-state index is -0.856. The van der Waals surface area contributed by atoms with Gasteiger partial charge in [-0.3, -0.25) is 24.0 Å². The van der Waals surface area contributed by atoms with Crippen molar-refractivity contribution < 1.29 is 23.9 Å². The Morgan fingerprint density at radius 2 is 2.00 bits per heavy atom. The highest BCUT2D eigenvalue weighted by Gasteiger charge is 2.35. The van der Waals surface area contributed by atoms with Gasteiger partial charge in [0.25, 0.3) is 0 Å². The molecule has 32 heavy (non-hydrogen) atoms. The van der Waals surface area contributed by atoms with E-state index in [0.717, 1.165) is 0 Å². The van der Waals surface area contributed by atoms with Crippen LogP contribution in [-0.4, -0.2) is 50.5 Å². The van der Waals surface area contributed by atoms with E-state index in [2.05, 4.69) is 15.4 Å². The molecule has 0 radical (unpaired) electrons. The topological polar surface area (TPSA) is 123 Å². The summed E-state index contributed by atoms with van der Waals surface area (Å²) < 4.78 is 6.89. The summed E-state index contributed by atoms with van der Waals surface area (Å²) in [6.45, 7) is 9.21. The van der Waals surface area contributed by atoms with Gasteiger partial charge in [-0.2, -0.15) is 5.10 Å². The molecule has 0 fully saturated rings. The van der Waals surface area contributed by atoms with Crippen molar-refractivity contribution in [1.29, 1.82) is 0 Å². The Morgan fingerprint density at radius 1 is 1.28 bits per heavy atom. The predicted molar refractivity (Wildman–Crippen MR) is 117 cm³/mol. The second-order valence-corrected chi connectivity index (χ2v) is 8.52. The van der Waals surface area contributed by atoms with Crippen molar-refractivity contribution in [1.82, 2.24) is 14.8 Å². The van der Waals surface area contributed by atoms with Crippen LogP contribution >= 0.6 is 0 Å². The van der Waals surface area contributed by atoms with Crippen LogP contribution in [0.1, 0.15) is 61.9 Å². The van der Waals surface area contributed by atoms with Crippen LogP contribution in [0.3, 0.4) is 0 Å². The first-order valence-corrected chi connectivity index (χ1v) is 10.4. The number of amides is 2. The fraction of sp³-hybridized carbons (Fsp3) is 0.455. The van der Waals surface area contributed by atoms with Gasteiger partial charge < -0.3 is 10.1 Å². The number of anilines is 2. The van der Waals surface area contributed by atoms with Crippen LogP contribution < -0.4 is 10.2 Å². The summed E-state index contributed by atoms with van der Waals surface area (Å²) in [4.78, 5) is 55.2. The molecule has 1 unspecified atom stereocenters. The normalized spacial score (nSPS) is 15.7. The number of nitrogens with one attached hydrogen (secondary N) is 1. The fourth-order valence-corrected chi connectivity index (χ4v) is 3.43. The molecule has 3 rings (SSSR count). The number of carbonyl (C=O) groups excluding carboxylic acids is 4. The molecule has 0 spiro atoms. The third-order valence-corrected chi connectivity index (χ3v) is 4.84. The van der Waals surface area contributed by atoms with E-state index < -0.39 is 17.6 Å². The molecule has 0 aliphatic carbocycles. The molecular weight excluding hydrogens is 414 g/mol. The van der Waals surface area contributed by atoms with Crippen LogP contribution in [0, 0.1) is 5.92 Å². The Labute approximate surface area is 185 Å². The zero-order chi connectivity index (χ0) is 23.6. The molecule has 1 atom stereocenters. The molecule has 10 heteroatoms. The summed E-state index contributed by atoms with van der Waals surface area (Å²) in [7, 11) is 0. The van der Waals surface area contributed by atoms with E-state index in [-0.39, 0.29) is 34.5 Å². The van der Waals surface area contributed by atoms with Crippen molar-refractivity contribution in [2.45, 2.75) is 53.2 Å². The van der Waals surface area contributed by atoms with E-state index in [1.165, 1.54) is 28.8 Å². The highest BCUT2D eigenvalue weighted by atomic mass is 16.6. The Bertz CT molecular complexity index is 1050. The molecule has 2 amide bonds. The smallest absolute Gasteiger partial charge is 0.415 e. The summed E-state index contributed by atoms with van der Waals surface area (Å²) in [5.74, 6) is -1.21. The molecule has 1 N–H and O–H groups in total. The Morgan fingerprint density at radius 3 is 2.56 bits per heavy atom. The van der Waals surface area contributed by atoms with Crippen LogP contribution in [0.15, 0.2) is 24.4 Å². The molecule has 170 valence electrons. The SMILES string of the molecule is CCN(C(=O)OC(C)(C)C)c1ccc(C(=O)C2CCn3nc(NC(C)=O)cc3C2=O)cn1. The summed E-state index contributed by atoms with van der Waals surface area (Å²) in [6, 6.07) is 4.59. The van der Waals surface area contributed by atoms with E-state index in [4.69, 9.17) is 4.74 Å². The maximum Gasteiger partial charge on any atom is 0.415 e. The Hall–Kier alpha value is -3.56. The maximum absolute atomic E-state index is 13.0. The largest absolute Gasteiger partial charge is 0.443 e. The van der Waals surface area contributed by atoms with Crippen molar-refractivity contribution in [3.05, 3.63) is 35.7 Å². The molecule has 2 aromatic rings. The molecule has 1 aliphatic rings. The monoisotopic (exact) mass is 441 g/mol. The Balaban J connectivity index is 1.76. The van der Waals surface area contributed by atoms with Gasteiger partial charge >= 0.3 is 6.09 Å². The van der Waals surface area contributed by atoms with Gasteiger partial charge in [0.2, 0.25) is 5.91 Å². The van der Waals surface area contributed by atoms with Crippen LogP contribution in [0.2, 0.25) is 0 Å². The lowest BCUT2D eigenvalue weighted by atomic mass is 9.88. The second-order valence-electron chi connectivity index (χ2n) is 8.52. The average Bonchev–Trinajstić information content (AvgIpc) is 3.10. The minimum absolute atomic E-state index is 0.279. The first-order chi connectivity index (χ1) is 15.0. The van der Waals surface area contributed by atoms with Crippen molar-refractivity contribution in [2.24, 2.45) is 5.92 Å². The van der Waals surface area contributed by atoms with E-state index in [1.807, 2.05) is 0 Å². The molecule has 0 saturated carbocycles. The second kappa shape index (κ2) is 8.89. The first-order valence-electron chi connectivity index (χ1n) is 10.4. The van der Waals surface area contributed by atoms with E-state index in [1.54, 1.807) is 39.8 Å². The summed E-state index contributed by atoms with van der Waals surface area (Å²) >= 11 is 0. The molecule has 3 heterocycles. The lowest BCUT2D eigenvalue weighted by Crippen LogP contribution is -2.37.